The first-order valence-corrected chi connectivity index (χ1v) is 11.7. The van der Waals surface area contributed by atoms with E-state index in [-0.39, 0.29) is 28.8 Å². The lowest BCUT2D eigenvalue weighted by molar-refractivity contribution is 0.0600. The smallest absolute Gasteiger partial charge is 0.274 e. The van der Waals surface area contributed by atoms with Crippen LogP contribution in [0.1, 0.15) is 53.5 Å². The van der Waals surface area contributed by atoms with E-state index in [1.165, 1.54) is 0 Å². The highest BCUT2D eigenvalue weighted by molar-refractivity contribution is 6.34. The van der Waals surface area contributed by atoms with E-state index in [2.05, 4.69) is 9.88 Å². The van der Waals surface area contributed by atoms with Gasteiger partial charge in [-0.05, 0) is 44.7 Å². The standard InChI is InChI=1S/C22H25Cl2N7O/c1-13-11-31-19(27-21(13)29-9-7-14(25)12-29)10-16(28-31)17-4-2-3-8-30(17)22(32)20-15(23)5-6-18(24)26-20/h5-6,10-11,14,17H,2-4,7-9,12,25H2,1H3. The molecule has 5 heterocycles. The summed E-state index contributed by atoms with van der Waals surface area (Å²) in [6.07, 6.45) is 5.72. The Hall–Kier alpha value is -2.42. The van der Waals surface area contributed by atoms with Crippen LogP contribution in [0.2, 0.25) is 10.2 Å². The van der Waals surface area contributed by atoms with Crippen molar-refractivity contribution in [3.8, 4) is 0 Å². The Morgan fingerprint density at radius 1 is 1.16 bits per heavy atom. The summed E-state index contributed by atoms with van der Waals surface area (Å²) in [6, 6.07) is 5.17. The molecule has 2 N–H and O–H groups in total. The molecule has 0 spiro atoms. The summed E-state index contributed by atoms with van der Waals surface area (Å²) >= 11 is 12.3. The summed E-state index contributed by atoms with van der Waals surface area (Å²) in [6.45, 7) is 4.37. The highest BCUT2D eigenvalue weighted by atomic mass is 35.5. The molecule has 3 aromatic heterocycles. The molecule has 2 atom stereocenters. The second kappa shape index (κ2) is 8.50. The molecule has 0 saturated carbocycles. The van der Waals surface area contributed by atoms with E-state index < -0.39 is 0 Å². The Morgan fingerprint density at radius 2 is 2.00 bits per heavy atom. The van der Waals surface area contributed by atoms with Gasteiger partial charge in [-0.2, -0.15) is 5.10 Å². The van der Waals surface area contributed by atoms with Crippen molar-refractivity contribution < 1.29 is 4.79 Å². The Bertz CT molecular complexity index is 1180. The molecule has 8 nitrogen and oxygen atoms in total. The monoisotopic (exact) mass is 473 g/mol. The fourth-order valence-corrected chi connectivity index (χ4v) is 5.00. The molecule has 10 heteroatoms. The Labute approximate surface area is 196 Å². The number of rotatable bonds is 3. The van der Waals surface area contributed by atoms with Crippen LogP contribution in [0.4, 0.5) is 5.82 Å². The molecule has 32 heavy (non-hydrogen) atoms. The lowest BCUT2D eigenvalue weighted by Crippen LogP contribution is -2.39. The molecule has 2 fully saturated rings. The van der Waals surface area contributed by atoms with Gasteiger partial charge in [0.1, 0.15) is 16.7 Å². The van der Waals surface area contributed by atoms with E-state index in [4.69, 9.17) is 39.0 Å². The van der Waals surface area contributed by atoms with Crippen LogP contribution >= 0.6 is 23.2 Å². The van der Waals surface area contributed by atoms with Crippen molar-refractivity contribution >= 4 is 40.6 Å². The van der Waals surface area contributed by atoms with Crippen LogP contribution < -0.4 is 10.6 Å². The van der Waals surface area contributed by atoms with E-state index in [1.807, 2.05) is 24.1 Å². The number of hydrogen-bond donors (Lipinski definition) is 1. The highest BCUT2D eigenvalue weighted by Crippen LogP contribution is 2.33. The van der Waals surface area contributed by atoms with Crippen molar-refractivity contribution in [3.05, 3.63) is 51.5 Å². The van der Waals surface area contributed by atoms with Gasteiger partial charge in [-0.3, -0.25) is 4.79 Å². The molecule has 2 aliphatic heterocycles. The molecule has 168 valence electrons. The molecule has 3 aromatic rings. The molecular weight excluding hydrogens is 449 g/mol. The molecule has 0 aromatic carbocycles. The summed E-state index contributed by atoms with van der Waals surface area (Å²) in [5, 5.41) is 5.32. The van der Waals surface area contributed by atoms with E-state index in [9.17, 15) is 4.79 Å². The number of carbonyl (C=O) groups is 1. The number of aromatic nitrogens is 4. The third-order valence-electron chi connectivity index (χ3n) is 6.27. The predicted molar refractivity (Wildman–Crippen MR) is 124 cm³/mol. The minimum Gasteiger partial charge on any atom is -0.355 e. The molecule has 1 amide bonds. The topological polar surface area (TPSA) is 92.6 Å². The van der Waals surface area contributed by atoms with E-state index in [0.29, 0.717) is 11.6 Å². The molecule has 2 saturated heterocycles. The van der Waals surface area contributed by atoms with Crippen LogP contribution in [0.3, 0.4) is 0 Å². The van der Waals surface area contributed by atoms with Crippen molar-refractivity contribution in [3.63, 3.8) is 0 Å². The number of carbonyl (C=O) groups excluding carboxylic acids is 1. The number of fused-ring (bicyclic) bond motifs is 1. The average Bonchev–Trinajstić information content (AvgIpc) is 3.40. The highest BCUT2D eigenvalue weighted by Gasteiger charge is 2.32. The Morgan fingerprint density at radius 3 is 2.78 bits per heavy atom. The van der Waals surface area contributed by atoms with Crippen LogP contribution in [0, 0.1) is 6.92 Å². The first kappa shape index (κ1) is 21.4. The van der Waals surface area contributed by atoms with Gasteiger partial charge in [0.15, 0.2) is 5.65 Å². The lowest BCUT2D eigenvalue weighted by atomic mass is 9.99. The molecule has 0 aliphatic carbocycles. The number of aryl methyl sites for hydroxylation is 1. The first-order chi connectivity index (χ1) is 15.4. The van der Waals surface area contributed by atoms with Crippen LogP contribution in [0.25, 0.3) is 5.65 Å². The number of halogens is 2. The van der Waals surface area contributed by atoms with Crippen LogP contribution in [-0.4, -0.2) is 56.1 Å². The van der Waals surface area contributed by atoms with Crippen molar-refractivity contribution in [2.75, 3.05) is 24.5 Å². The minimum absolute atomic E-state index is 0.168. The molecule has 0 radical (unpaired) electrons. The number of hydrogen-bond acceptors (Lipinski definition) is 6. The van der Waals surface area contributed by atoms with Gasteiger partial charge >= 0.3 is 0 Å². The molecule has 2 aliphatic rings. The number of amides is 1. The number of nitrogens with two attached hydrogens (primary N) is 1. The van der Waals surface area contributed by atoms with Gasteiger partial charge in [-0.15, -0.1) is 0 Å². The maximum atomic E-state index is 13.3. The summed E-state index contributed by atoms with van der Waals surface area (Å²) in [5.41, 5.74) is 8.90. The van der Waals surface area contributed by atoms with E-state index in [0.717, 1.165) is 61.5 Å². The summed E-state index contributed by atoms with van der Waals surface area (Å²) in [5.74, 6) is 0.721. The summed E-state index contributed by atoms with van der Waals surface area (Å²) < 4.78 is 1.80. The molecule has 0 bridgehead atoms. The van der Waals surface area contributed by atoms with Crippen molar-refractivity contribution in [2.24, 2.45) is 5.73 Å². The van der Waals surface area contributed by atoms with Crippen LogP contribution in [-0.2, 0) is 0 Å². The van der Waals surface area contributed by atoms with Crippen LogP contribution in [0.5, 0.6) is 0 Å². The molecular formula is C22H25Cl2N7O. The fourth-order valence-electron chi connectivity index (χ4n) is 4.67. The zero-order chi connectivity index (χ0) is 22.4. The normalized spacial score (nSPS) is 21.5. The minimum atomic E-state index is -0.227. The quantitative estimate of drug-likeness (QED) is 0.583. The Kier molecular flexibility index (Phi) is 5.69. The Balaban J connectivity index is 1.48. The number of pyridine rings is 1. The van der Waals surface area contributed by atoms with Crippen molar-refractivity contribution in [1.82, 2.24) is 24.5 Å². The van der Waals surface area contributed by atoms with Crippen LogP contribution in [0.15, 0.2) is 24.4 Å². The van der Waals surface area contributed by atoms with Crippen molar-refractivity contribution in [1.29, 1.82) is 0 Å². The van der Waals surface area contributed by atoms with Gasteiger partial charge in [0, 0.05) is 43.5 Å². The third kappa shape index (κ3) is 3.91. The zero-order valence-electron chi connectivity index (χ0n) is 17.8. The SMILES string of the molecule is Cc1cn2nc(C3CCCCN3C(=O)c3nc(Cl)ccc3Cl)cc2nc1N1CCC(N)C1. The predicted octanol–water partition coefficient (Wildman–Crippen LogP) is 3.64. The van der Waals surface area contributed by atoms with Gasteiger partial charge in [-0.1, -0.05) is 23.2 Å². The van der Waals surface area contributed by atoms with Crippen molar-refractivity contribution in [2.45, 2.75) is 44.7 Å². The average molecular weight is 474 g/mol. The second-order valence-corrected chi connectivity index (χ2v) is 9.38. The van der Waals surface area contributed by atoms with Gasteiger partial charge in [0.05, 0.1) is 16.8 Å². The van der Waals surface area contributed by atoms with E-state index >= 15 is 0 Å². The first-order valence-electron chi connectivity index (χ1n) is 10.9. The van der Waals surface area contributed by atoms with Gasteiger partial charge < -0.3 is 15.5 Å². The number of likely N-dealkylation sites (tertiary alicyclic amines) is 1. The van der Waals surface area contributed by atoms with E-state index in [1.54, 1.807) is 16.6 Å². The molecule has 5 rings (SSSR count). The zero-order valence-corrected chi connectivity index (χ0v) is 19.4. The summed E-state index contributed by atoms with van der Waals surface area (Å²) in [4.78, 5) is 26.4. The lowest BCUT2D eigenvalue weighted by Gasteiger charge is -2.34. The number of piperidine rings is 1. The number of nitrogens with zero attached hydrogens (tertiary/aromatic N) is 6. The number of anilines is 1. The second-order valence-electron chi connectivity index (χ2n) is 8.59. The maximum Gasteiger partial charge on any atom is 0.274 e. The van der Waals surface area contributed by atoms with Gasteiger partial charge in [0.25, 0.3) is 5.91 Å². The fraction of sp³-hybridized carbons (Fsp3) is 0.455. The largest absolute Gasteiger partial charge is 0.355 e. The van der Waals surface area contributed by atoms with Gasteiger partial charge in [0.2, 0.25) is 0 Å². The maximum absolute atomic E-state index is 13.3. The summed E-state index contributed by atoms with van der Waals surface area (Å²) in [7, 11) is 0. The molecule has 2 unspecified atom stereocenters. The van der Waals surface area contributed by atoms with Gasteiger partial charge in [-0.25, -0.2) is 14.5 Å². The third-order valence-corrected chi connectivity index (χ3v) is 6.78.